The Kier molecular flexibility index (Phi) is 5.98. The van der Waals surface area contributed by atoms with Crippen molar-refractivity contribution < 1.29 is 0 Å². The van der Waals surface area contributed by atoms with Crippen LogP contribution in [0.1, 0.15) is 86.1 Å². The first-order valence-electron chi connectivity index (χ1n) is 12.2. The smallest absolute Gasteiger partial charge is 0.0191 e. The van der Waals surface area contributed by atoms with E-state index in [1.165, 1.54) is 33.4 Å². The average Bonchev–Trinajstić information content (AvgIpc) is 3.11. The van der Waals surface area contributed by atoms with Gasteiger partial charge in [-0.05, 0) is 72.9 Å². The highest BCUT2D eigenvalue weighted by molar-refractivity contribution is 7.98. The highest BCUT2D eigenvalue weighted by Gasteiger charge is 2.29. The van der Waals surface area contributed by atoms with E-state index >= 15 is 0 Å². The molecule has 0 N–H and O–H groups in total. The molecule has 172 valence electrons. The maximum atomic E-state index is 2.51. The van der Waals surface area contributed by atoms with Crippen LogP contribution in [-0.4, -0.2) is 0 Å². The van der Waals surface area contributed by atoms with Crippen LogP contribution in [0, 0.1) is 0 Å². The molecule has 0 radical (unpaired) electrons. The molecule has 2 aliphatic rings. The Morgan fingerprint density at radius 1 is 0.576 bits per heavy atom. The minimum Gasteiger partial charge on any atom is -0.152 e. The van der Waals surface area contributed by atoms with Gasteiger partial charge in [-0.3, -0.25) is 0 Å². The van der Waals surface area contributed by atoms with Gasteiger partial charge in [-0.2, -0.15) is 23.5 Å². The molecule has 1 aliphatic heterocycles. The van der Waals surface area contributed by atoms with Gasteiger partial charge >= 0.3 is 0 Å². The zero-order valence-electron chi connectivity index (χ0n) is 21.0. The molecule has 4 bridgehead atoms. The van der Waals surface area contributed by atoms with Crippen LogP contribution in [0.3, 0.4) is 0 Å². The predicted molar refractivity (Wildman–Crippen MR) is 149 cm³/mol. The fourth-order valence-corrected chi connectivity index (χ4v) is 7.02. The first-order valence-corrected chi connectivity index (χ1v) is 14.5. The highest BCUT2D eigenvalue weighted by atomic mass is 32.2. The first kappa shape index (κ1) is 23.1. The predicted octanol–water partition coefficient (Wildman–Crippen LogP) is 9.03. The van der Waals surface area contributed by atoms with E-state index in [4.69, 9.17) is 0 Å². The molecule has 33 heavy (non-hydrogen) atoms. The minimum atomic E-state index is 0.148. The third-order valence-electron chi connectivity index (χ3n) is 7.10. The lowest BCUT2D eigenvalue weighted by molar-refractivity contribution is 0.589. The molecular formula is C31H36S2. The van der Waals surface area contributed by atoms with Crippen LogP contribution in [0.2, 0.25) is 0 Å². The fraction of sp³-hybridized carbons (Fsp3) is 0.419. The molecule has 5 rings (SSSR count). The molecule has 0 nitrogen and oxygen atoms in total. The van der Waals surface area contributed by atoms with E-state index in [0.29, 0.717) is 0 Å². The van der Waals surface area contributed by atoms with Gasteiger partial charge in [0.25, 0.3) is 0 Å². The maximum absolute atomic E-state index is 2.51. The Bertz CT molecular complexity index is 1110. The molecule has 0 saturated carbocycles. The minimum absolute atomic E-state index is 0.148. The summed E-state index contributed by atoms with van der Waals surface area (Å²) < 4.78 is 0. The van der Waals surface area contributed by atoms with Gasteiger partial charge in [0.1, 0.15) is 0 Å². The standard InChI is InChI=1S/C31H36S2/c1-30(2,3)24-11-22-18-32-16-20-8-7-9-21(10-20)17-33-19-23-12-25(31(4,5)6)14-29-27(23)15-26(22)28(29)13-24/h7-14H,15-19H2,1-6H3. The Morgan fingerprint density at radius 3 is 1.45 bits per heavy atom. The van der Waals surface area contributed by atoms with Crippen molar-refractivity contribution in [3.63, 3.8) is 0 Å². The van der Waals surface area contributed by atoms with E-state index in [9.17, 15) is 0 Å². The third kappa shape index (κ3) is 4.66. The summed E-state index contributed by atoms with van der Waals surface area (Å²) in [5.74, 6) is 4.33. The number of thioether (sulfide) groups is 2. The maximum Gasteiger partial charge on any atom is 0.0191 e. The molecule has 2 heteroatoms. The Morgan fingerprint density at radius 2 is 1.03 bits per heavy atom. The van der Waals surface area contributed by atoms with Gasteiger partial charge in [0.05, 0.1) is 0 Å². The quantitative estimate of drug-likeness (QED) is 0.250. The SMILES string of the molecule is CC(C)(C)c1cc2c3c(c1)-c1cc(C(C)(C)C)cc(c1C3)CSCc1cccc(c1)CSC2. The summed E-state index contributed by atoms with van der Waals surface area (Å²) in [5, 5.41) is 0. The van der Waals surface area contributed by atoms with E-state index in [1.807, 2.05) is 0 Å². The normalized spacial score (nSPS) is 15.9. The van der Waals surface area contributed by atoms with Crippen molar-refractivity contribution in [2.45, 2.75) is 81.8 Å². The molecule has 0 aromatic heterocycles. The van der Waals surface area contributed by atoms with Crippen LogP contribution in [-0.2, 0) is 40.3 Å². The average molecular weight is 473 g/mol. The first-order chi connectivity index (χ1) is 15.6. The van der Waals surface area contributed by atoms with Crippen molar-refractivity contribution in [1.29, 1.82) is 0 Å². The largest absolute Gasteiger partial charge is 0.152 e. The van der Waals surface area contributed by atoms with Crippen LogP contribution in [0.15, 0.2) is 48.5 Å². The summed E-state index contributed by atoms with van der Waals surface area (Å²) in [6, 6.07) is 19.3. The summed E-state index contributed by atoms with van der Waals surface area (Å²) in [6.45, 7) is 14.1. The van der Waals surface area contributed by atoms with Gasteiger partial charge in [-0.1, -0.05) is 90.1 Å². The van der Waals surface area contributed by atoms with Crippen molar-refractivity contribution in [2.24, 2.45) is 0 Å². The molecule has 0 unspecified atom stereocenters. The summed E-state index contributed by atoms with van der Waals surface area (Å²) >= 11 is 4.13. The molecule has 1 aliphatic carbocycles. The molecule has 0 atom stereocenters. The number of hydrogen-bond acceptors (Lipinski definition) is 2. The van der Waals surface area contributed by atoms with E-state index in [-0.39, 0.29) is 10.8 Å². The molecule has 3 aromatic carbocycles. The summed E-state index contributed by atoms with van der Waals surface area (Å²) in [4.78, 5) is 0. The second-order valence-corrected chi connectivity index (χ2v) is 13.8. The molecule has 3 aromatic rings. The van der Waals surface area contributed by atoms with Crippen molar-refractivity contribution in [1.82, 2.24) is 0 Å². The van der Waals surface area contributed by atoms with Crippen molar-refractivity contribution in [3.05, 3.63) is 93.0 Å². The molecule has 0 fully saturated rings. The lowest BCUT2D eigenvalue weighted by Gasteiger charge is -2.24. The van der Waals surface area contributed by atoms with Gasteiger partial charge in [-0.15, -0.1) is 0 Å². The molecule has 0 amide bonds. The molecule has 0 saturated heterocycles. The van der Waals surface area contributed by atoms with E-state index in [0.717, 1.165) is 29.4 Å². The summed E-state index contributed by atoms with van der Waals surface area (Å²) in [6.07, 6.45) is 1.09. The zero-order chi connectivity index (χ0) is 23.4. The lowest BCUT2D eigenvalue weighted by atomic mass is 9.82. The van der Waals surface area contributed by atoms with Gasteiger partial charge < -0.3 is 0 Å². The van der Waals surface area contributed by atoms with Gasteiger partial charge in [0.2, 0.25) is 0 Å². The topological polar surface area (TPSA) is 0 Å². The number of fused-ring (bicyclic) bond motifs is 3. The van der Waals surface area contributed by atoms with Crippen LogP contribution in [0.5, 0.6) is 0 Å². The third-order valence-corrected chi connectivity index (χ3v) is 9.21. The monoisotopic (exact) mass is 472 g/mol. The number of rotatable bonds is 0. The van der Waals surface area contributed by atoms with Crippen molar-refractivity contribution >= 4 is 23.5 Å². The van der Waals surface area contributed by atoms with Gasteiger partial charge in [-0.25, -0.2) is 0 Å². The molecule has 0 spiro atoms. The van der Waals surface area contributed by atoms with Crippen molar-refractivity contribution in [2.75, 3.05) is 0 Å². The van der Waals surface area contributed by atoms with Crippen molar-refractivity contribution in [3.8, 4) is 11.1 Å². The van der Waals surface area contributed by atoms with Gasteiger partial charge in [0.15, 0.2) is 0 Å². The lowest BCUT2D eigenvalue weighted by Crippen LogP contribution is -2.13. The summed E-state index contributed by atoms with van der Waals surface area (Å²) in [5.41, 5.74) is 15.4. The van der Waals surface area contributed by atoms with Crippen LogP contribution < -0.4 is 0 Å². The zero-order valence-corrected chi connectivity index (χ0v) is 22.6. The van der Waals surface area contributed by atoms with Crippen LogP contribution in [0.25, 0.3) is 11.1 Å². The van der Waals surface area contributed by atoms with E-state index in [2.05, 4.69) is 114 Å². The Labute approximate surface area is 209 Å². The number of hydrogen-bond donors (Lipinski definition) is 0. The second-order valence-electron chi connectivity index (χ2n) is 11.8. The fourth-order valence-electron chi connectivity index (χ4n) is 5.03. The number of benzene rings is 3. The van der Waals surface area contributed by atoms with E-state index < -0.39 is 0 Å². The second kappa shape index (κ2) is 8.54. The summed E-state index contributed by atoms with van der Waals surface area (Å²) in [7, 11) is 0. The van der Waals surface area contributed by atoms with Crippen LogP contribution in [0.4, 0.5) is 0 Å². The highest BCUT2D eigenvalue weighted by Crippen LogP contribution is 2.46. The van der Waals surface area contributed by atoms with Crippen LogP contribution >= 0.6 is 23.5 Å². The molecular weight excluding hydrogens is 436 g/mol. The molecule has 1 heterocycles. The Hall–Kier alpha value is -1.64. The Balaban J connectivity index is 1.70. The van der Waals surface area contributed by atoms with Gasteiger partial charge in [0, 0.05) is 23.0 Å². The van der Waals surface area contributed by atoms with E-state index in [1.54, 1.807) is 22.3 Å².